The van der Waals surface area contributed by atoms with Gasteiger partial charge in [0.05, 0.1) is 6.04 Å². The van der Waals surface area contributed by atoms with Crippen LogP contribution < -0.4 is 10.6 Å². The van der Waals surface area contributed by atoms with Crippen LogP contribution in [0.4, 0.5) is 0 Å². The van der Waals surface area contributed by atoms with E-state index in [-0.39, 0.29) is 30.0 Å². The van der Waals surface area contributed by atoms with Gasteiger partial charge >= 0.3 is 0 Å². The Hall–Kier alpha value is -1.50. The molecule has 0 aliphatic heterocycles. The summed E-state index contributed by atoms with van der Waals surface area (Å²) in [6.07, 6.45) is 1.16. The lowest BCUT2D eigenvalue weighted by Crippen LogP contribution is -2.40. The molecule has 1 heterocycles. The van der Waals surface area contributed by atoms with Gasteiger partial charge < -0.3 is 15.1 Å². The van der Waals surface area contributed by atoms with E-state index in [0.29, 0.717) is 12.0 Å². The second-order valence-corrected chi connectivity index (χ2v) is 6.14. The molecule has 1 fully saturated rings. The van der Waals surface area contributed by atoms with E-state index in [1.165, 1.54) is 5.56 Å². The van der Waals surface area contributed by atoms with Crippen molar-refractivity contribution in [3.63, 3.8) is 0 Å². The standard InChI is InChI=1S/C19H25N3O.HI/c1-4-20-19(21-14(3)18-11-10-13(2)23-18)22-17-12-16(17)15-8-6-5-7-9-15;/h5-11,14,16-17H,4,12H2,1-3H3,(H2,20,21,22);1H. The highest BCUT2D eigenvalue weighted by atomic mass is 127. The highest BCUT2D eigenvalue weighted by Gasteiger charge is 2.39. The number of hydrogen-bond donors (Lipinski definition) is 2. The van der Waals surface area contributed by atoms with Crippen LogP contribution in [0.3, 0.4) is 0 Å². The molecular weight excluding hydrogens is 413 g/mol. The fourth-order valence-corrected chi connectivity index (χ4v) is 2.85. The summed E-state index contributed by atoms with van der Waals surface area (Å²) in [5, 5.41) is 6.98. The minimum absolute atomic E-state index is 0. The SMILES string of the molecule is CCN=C(NC(C)c1ccc(C)o1)NC1CC1c1ccccc1.I. The third-order valence-electron chi connectivity index (χ3n) is 4.20. The van der Waals surface area contributed by atoms with Crippen molar-refractivity contribution in [3.8, 4) is 0 Å². The van der Waals surface area contributed by atoms with E-state index in [0.717, 1.165) is 30.4 Å². The van der Waals surface area contributed by atoms with Crippen molar-refractivity contribution in [2.24, 2.45) is 4.99 Å². The van der Waals surface area contributed by atoms with Gasteiger partial charge in [-0.2, -0.15) is 0 Å². The Morgan fingerprint density at radius 1 is 1.25 bits per heavy atom. The van der Waals surface area contributed by atoms with Crippen LogP contribution in [0, 0.1) is 6.92 Å². The molecule has 1 aromatic heterocycles. The number of aryl methyl sites for hydroxylation is 1. The van der Waals surface area contributed by atoms with Crippen LogP contribution in [0.2, 0.25) is 0 Å². The molecule has 24 heavy (non-hydrogen) atoms. The average molecular weight is 439 g/mol. The van der Waals surface area contributed by atoms with Crippen molar-refractivity contribution in [1.82, 2.24) is 10.6 Å². The number of aliphatic imine (C=N–C) groups is 1. The molecule has 0 spiro atoms. The smallest absolute Gasteiger partial charge is 0.192 e. The van der Waals surface area contributed by atoms with Gasteiger partial charge in [0.25, 0.3) is 0 Å². The summed E-state index contributed by atoms with van der Waals surface area (Å²) < 4.78 is 5.69. The molecule has 4 nitrogen and oxygen atoms in total. The van der Waals surface area contributed by atoms with Crippen LogP contribution in [0.5, 0.6) is 0 Å². The second kappa shape index (κ2) is 8.55. The van der Waals surface area contributed by atoms with Crippen LogP contribution in [-0.2, 0) is 0 Å². The lowest BCUT2D eigenvalue weighted by molar-refractivity contribution is 0.441. The summed E-state index contributed by atoms with van der Waals surface area (Å²) in [6.45, 7) is 6.85. The van der Waals surface area contributed by atoms with Gasteiger partial charge in [-0.15, -0.1) is 24.0 Å². The predicted octanol–water partition coefficient (Wildman–Crippen LogP) is 4.38. The molecule has 3 unspecified atom stereocenters. The van der Waals surface area contributed by atoms with Crippen LogP contribution >= 0.6 is 24.0 Å². The van der Waals surface area contributed by atoms with Gasteiger partial charge in [-0.25, -0.2) is 0 Å². The zero-order valence-corrected chi connectivity index (χ0v) is 16.8. The number of halogens is 1. The Balaban J connectivity index is 0.00000208. The van der Waals surface area contributed by atoms with Gasteiger partial charge in [0.1, 0.15) is 11.5 Å². The van der Waals surface area contributed by atoms with Crippen molar-refractivity contribution in [2.45, 2.75) is 45.2 Å². The van der Waals surface area contributed by atoms with Gasteiger partial charge in [0.15, 0.2) is 5.96 Å². The maximum Gasteiger partial charge on any atom is 0.192 e. The summed E-state index contributed by atoms with van der Waals surface area (Å²) in [5.41, 5.74) is 1.40. The molecular formula is C19H26IN3O. The first-order chi connectivity index (χ1) is 11.2. The Kier molecular flexibility index (Phi) is 6.71. The highest BCUT2D eigenvalue weighted by molar-refractivity contribution is 14.0. The molecule has 0 amide bonds. The quantitative estimate of drug-likeness (QED) is 0.413. The first kappa shape index (κ1) is 18.8. The minimum Gasteiger partial charge on any atom is -0.464 e. The largest absolute Gasteiger partial charge is 0.464 e. The van der Waals surface area contributed by atoms with Crippen molar-refractivity contribution in [3.05, 3.63) is 59.5 Å². The summed E-state index contributed by atoms with van der Waals surface area (Å²) in [7, 11) is 0. The minimum atomic E-state index is 0. The van der Waals surface area contributed by atoms with E-state index in [1.807, 2.05) is 26.0 Å². The Morgan fingerprint density at radius 3 is 2.62 bits per heavy atom. The zero-order valence-electron chi connectivity index (χ0n) is 14.5. The topological polar surface area (TPSA) is 49.6 Å². The summed E-state index contributed by atoms with van der Waals surface area (Å²) >= 11 is 0. The van der Waals surface area contributed by atoms with E-state index in [2.05, 4.69) is 52.9 Å². The molecule has 2 N–H and O–H groups in total. The highest BCUT2D eigenvalue weighted by Crippen LogP contribution is 2.40. The number of nitrogens with one attached hydrogen (secondary N) is 2. The Morgan fingerprint density at radius 2 is 2.00 bits per heavy atom. The fourth-order valence-electron chi connectivity index (χ4n) is 2.85. The van der Waals surface area contributed by atoms with E-state index < -0.39 is 0 Å². The fraction of sp³-hybridized carbons (Fsp3) is 0.421. The van der Waals surface area contributed by atoms with Crippen LogP contribution in [-0.4, -0.2) is 18.5 Å². The van der Waals surface area contributed by atoms with E-state index in [4.69, 9.17) is 4.42 Å². The molecule has 1 aromatic carbocycles. The molecule has 130 valence electrons. The maximum absolute atomic E-state index is 5.69. The number of guanidine groups is 1. The average Bonchev–Trinajstić information content (AvgIpc) is 3.18. The van der Waals surface area contributed by atoms with Crippen molar-refractivity contribution < 1.29 is 4.42 Å². The van der Waals surface area contributed by atoms with Crippen molar-refractivity contribution >= 4 is 29.9 Å². The maximum atomic E-state index is 5.69. The molecule has 1 aliphatic carbocycles. The Labute approximate surface area is 161 Å². The summed E-state index contributed by atoms with van der Waals surface area (Å²) in [5.74, 6) is 3.31. The lowest BCUT2D eigenvalue weighted by atomic mass is 10.1. The molecule has 3 rings (SSSR count). The molecule has 0 radical (unpaired) electrons. The van der Waals surface area contributed by atoms with E-state index in [9.17, 15) is 0 Å². The zero-order chi connectivity index (χ0) is 16.2. The lowest BCUT2D eigenvalue weighted by Gasteiger charge is -2.17. The first-order valence-electron chi connectivity index (χ1n) is 8.36. The number of benzene rings is 1. The van der Waals surface area contributed by atoms with Crippen LogP contribution in [0.1, 0.15) is 49.3 Å². The van der Waals surface area contributed by atoms with Gasteiger partial charge in [0.2, 0.25) is 0 Å². The monoisotopic (exact) mass is 439 g/mol. The number of rotatable bonds is 5. The summed E-state index contributed by atoms with van der Waals surface area (Å²) in [6, 6.07) is 15.2. The predicted molar refractivity (Wildman–Crippen MR) is 109 cm³/mol. The Bertz CT molecular complexity index is 668. The molecule has 0 bridgehead atoms. The molecule has 1 saturated carbocycles. The molecule has 2 aromatic rings. The third-order valence-corrected chi connectivity index (χ3v) is 4.20. The van der Waals surface area contributed by atoms with Crippen molar-refractivity contribution in [2.75, 3.05) is 6.54 Å². The van der Waals surface area contributed by atoms with Gasteiger partial charge in [-0.1, -0.05) is 30.3 Å². The first-order valence-corrected chi connectivity index (χ1v) is 8.36. The van der Waals surface area contributed by atoms with Gasteiger partial charge in [-0.05, 0) is 44.9 Å². The molecule has 0 saturated heterocycles. The molecule has 3 atom stereocenters. The van der Waals surface area contributed by atoms with Gasteiger partial charge in [-0.3, -0.25) is 4.99 Å². The molecule has 1 aliphatic rings. The number of hydrogen-bond acceptors (Lipinski definition) is 2. The molecule has 5 heteroatoms. The van der Waals surface area contributed by atoms with E-state index >= 15 is 0 Å². The number of nitrogens with zero attached hydrogens (tertiary/aromatic N) is 1. The van der Waals surface area contributed by atoms with Crippen LogP contribution in [0.15, 0.2) is 51.9 Å². The van der Waals surface area contributed by atoms with E-state index in [1.54, 1.807) is 0 Å². The van der Waals surface area contributed by atoms with Crippen LogP contribution in [0.25, 0.3) is 0 Å². The third kappa shape index (κ3) is 4.75. The number of furan rings is 1. The van der Waals surface area contributed by atoms with Crippen molar-refractivity contribution in [1.29, 1.82) is 0 Å². The van der Waals surface area contributed by atoms with Gasteiger partial charge in [0, 0.05) is 18.5 Å². The second-order valence-electron chi connectivity index (χ2n) is 6.14. The normalized spacial score (nSPS) is 20.9. The summed E-state index contributed by atoms with van der Waals surface area (Å²) in [4.78, 5) is 4.56.